The minimum atomic E-state index is -0.229. The highest BCUT2D eigenvalue weighted by molar-refractivity contribution is 7.13. The molecule has 0 amide bonds. The number of anilines is 1. The van der Waals surface area contributed by atoms with Crippen molar-refractivity contribution in [2.75, 3.05) is 11.9 Å². The van der Waals surface area contributed by atoms with E-state index in [4.69, 9.17) is 0 Å². The molecule has 0 aliphatic heterocycles. The molecule has 0 atom stereocenters. The first kappa shape index (κ1) is 14.6. The molecule has 0 N–H and O–H groups in total. The van der Waals surface area contributed by atoms with Crippen molar-refractivity contribution in [1.29, 1.82) is 0 Å². The molecule has 112 valence electrons. The summed E-state index contributed by atoms with van der Waals surface area (Å²) >= 11 is 1.55. The molecule has 6 heteroatoms. The number of aryl methyl sites for hydroxylation is 1. The van der Waals surface area contributed by atoms with Gasteiger partial charge >= 0.3 is 0 Å². The summed E-state index contributed by atoms with van der Waals surface area (Å²) in [6, 6.07) is 6.47. The van der Waals surface area contributed by atoms with Gasteiger partial charge in [-0.05, 0) is 24.6 Å². The van der Waals surface area contributed by atoms with Crippen LogP contribution in [0.2, 0.25) is 0 Å². The zero-order valence-electron chi connectivity index (χ0n) is 12.3. The van der Waals surface area contributed by atoms with Gasteiger partial charge in [-0.15, -0.1) is 11.3 Å². The van der Waals surface area contributed by atoms with Gasteiger partial charge < -0.3 is 4.90 Å². The van der Waals surface area contributed by atoms with Crippen LogP contribution >= 0.6 is 11.3 Å². The van der Waals surface area contributed by atoms with Gasteiger partial charge in [-0.2, -0.15) is 0 Å². The van der Waals surface area contributed by atoms with Gasteiger partial charge in [0, 0.05) is 24.7 Å². The quantitative estimate of drug-likeness (QED) is 0.736. The van der Waals surface area contributed by atoms with Crippen molar-refractivity contribution in [3.8, 4) is 10.7 Å². The normalized spacial score (nSPS) is 10.7. The van der Waals surface area contributed by atoms with Crippen LogP contribution in [0, 0.1) is 12.7 Å². The third kappa shape index (κ3) is 3.28. The molecule has 0 aliphatic carbocycles. The van der Waals surface area contributed by atoms with Crippen LogP contribution in [0.1, 0.15) is 11.3 Å². The molecular formula is C16H15FN4S. The lowest BCUT2D eigenvalue weighted by Gasteiger charge is -2.18. The molecule has 0 unspecified atom stereocenters. The molecular weight excluding hydrogens is 299 g/mol. The zero-order valence-corrected chi connectivity index (χ0v) is 13.1. The van der Waals surface area contributed by atoms with E-state index in [2.05, 4.69) is 15.0 Å². The lowest BCUT2D eigenvalue weighted by molar-refractivity contribution is 0.627. The van der Waals surface area contributed by atoms with Crippen LogP contribution in [0.5, 0.6) is 0 Å². The molecule has 22 heavy (non-hydrogen) atoms. The number of halogens is 1. The number of hydrogen-bond acceptors (Lipinski definition) is 5. The molecule has 3 rings (SSSR count). The van der Waals surface area contributed by atoms with Crippen molar-refractivity contribution in [2.24, 2.45) is 0 Å². The topological polar surface area (TPSA) is 41.9 Å². The van der Waals surface area contributed by atoms with E-state index in [0.29, 0.717) is 6.54 Å². The lowest BCUT2D eigenvalue weighted by Crippen LogP contribution is -2.18. The second-order valence-corrected chi connectivity index (χ2v) is 5.90. The van der Waals surface area contributed by atoms with E-state index >= 15 is 0 Å². The van der Waals surface area contributed by atoms with Crippen molar-refractivity contribution in [1.82, 2.24) is 15.0 Å². The molecule has 0 saturated carbocycles. The molecule has 0 spiro atoms. The Hall–Kier alpha value is -2.34. The first-order valence-corrected chi connectivity index (χ1v) is 7.70. The van der Waals surface area contributed by atoms with Crippen LogP contribution < -0.4 is 4.90 Å². The third-order valence-corrected chi connectivity index (χ3v) is 4.17. The summed E-state index contributed by atoms with van der Waals surface area (Å²) < 4.78 is 12.9. The molecule has 0 aliphatic rings. The van der Waals surface area contributed by atoms with Crippen LogP contribution in [-0.4, -0.2) is 22.0 Å². The average molecular weight is 314 g/mol. The van der Waals surface area contributed by atoms with E-state index in [9.17, 15) is 4.39 Å². The number of benzene rings is 1. The summed E-state index contributed by atoms with van der Waals surface area (Å²) in [6.45, 7) is 2.59. The summed E-state index contributed by atoms with van der Waals surface area (Å²) in [7, 11) is 1.93. The minimum absolute atomic E-state index is 0.229. The zero-order chi connectivity index (χ0) is 15.5. The van der Waals surface area contributed by atoms with Gasteiger partial charge in [0.2, 0.25) is 0 Å². The Morgan fingerprint density at radius 2 is 1.91 bits per heavy atom. The largest absolute Gasteiger partial charge is 0.354 e. The third-order valence-electron chi connectivity index (χ3n) is 3.18. The van der Waals surface area contributed by atoms with Crippen LogP contribution in [0.15, 0.2) is 42.0 Å². The maximum absolute atomic E-state index is 12.9. The van der Waals surface area contributed by atoms with Crippen molar-refractivity contribution < 1.29 is 4.39 Å². The van der Waals surface area contributed by atoms with Gasteiger partial charge in [-0.25, -0.2) is 14.4 Å². The maximum atomic E-state index is 12.9. The molecule has 3 aromatic rings. The van der Waals surface area contributed by atoms with E-state index in [1.165, 1.54) is 12.1 Å². The number of rotatable bonds is 4. The van der Waals surface area contributed by atoms with Crippen molar-refractivity contribution in [3.05, 3.63) is 59.1 Å². The Bertz CT molecular complexity index is 770. The fraction of sp³-hybridized carbons (Fsp3) is 0.188. The van der Waals surface area contributed by atoms with Crippen molar-refractivity contribution in [3.63, 3.8) is 0 Å². The van der Waals surface area contributed by atoms with Gasteiger partial charge in [-0.3, -0.25) is 4.98 Å². The van der Waals surface area contributed by atoms with Gasteiger partial charge in [0.25, 0.3) is 0 Å². The second kappa shape index (κ2) is 6.19. The van der Waals surface area contributed by atoms with Crippen LogP contribution in [-0.2, 0) is 6.54 Å². The lowest BCUT2D eigenvalue weighted by atomic mass is 10.2. The van der Waals surface area contributed by atoms with Crippen molar-refractivity contribution in [2.45, 2.75) is 13.5 Å². The fourth-order valence-electron chi connectivity index (χ4n) is 2.06. The summed E-state index contributed by atoms with van der Waals surface area (Å²) in [5.74, 6) is 0.530. The molecule has 2 heterocycles. The van der Waals surface area contributed by atoms with E-state index in [-0.39, 0.29) is 5.82 Å². The predicted molar refractivity (Wildman–Crippen MR) is 86.4 cm³/mol. The second-order valence-electron chi connectivity index (χ2n) is 5.04. The highest BCUT2D eigenvalue weighted by Gasteiger charge is 2.09. The molecule has 2 aromatic heterocycles. The van der Waals surface area contributed by atoms with Gasteiger partial charge in [0.05, 0.1) is 12.4 Å². The monoisotopic (exact) mass is 314 g/mol. The van der Waals surface area contributed by atoms with Gasteiger partial charge in [0.15, 0.2) is 0 Å². The summed E-state index contributed by atoms with van der Waals surface area (Å²) in [4.78, 5) is 15.3. The number of thiazole rings is 1. The summed E-state index contributed by atoms with van der Waals surface area (Å²) in [6.07, 6.45) is 3.43. The first-order valence-electron chi connectivity index (χ1n) is 6.82. The predicted octanol–water partition coefficient (Wildman–Crippen LogP) is 3.68. The Balaban J connectivity index is 1.80. The fourth-order valence-corrected chi connectivity index (χ4v) is 2.81. The average Bonchev–Trinajstić information content (AvgIpc) is 2.96. The molecule has 0 fully saturated rings. The Morgan fingerprint density at radius 1 is 1.14 bits per heavy atom. The Kier molecular flexibility index (Phi) is 4.11. The highest BCUT2D eigenvalue weighted by atomic mass is 32.1. The molecule has 0 saturated heterocycles. The minimum Gasteiger partial charge on any atom is -0.354 e. The molecule has 4 nitrogen and oxygen atoms in total. The SMILES string of the molecule is Cc1csc(-c2cncc(N(C)Cc3ccc(F)cc3)n2)n1. The summed E-state index contributed by atoms with van der Waals surface area (Å²) in [5, 5.41) is 2.85. The van der Waals surface area contributed by atoms with Crippen LogP contribution in [0.4, 0.5) is 10.2 Å². The van der Waals surface area contributed by atoms with Gasteiger partial charge in [-0.1, -0.05) is 12.1 Å². The molecule has 0 bridgehead atoms. The van der Waals surface area contributed by atoms with E-state index in [1.54, 1.807) is 35.9 Å². The van der Waals surface area contributed by atoms with Crippen LogP contribution in [0.3, 0.4) is 0 Å². The maximum Gasteiger partial charge on any atom is 0.147 e. The smallest absolute Gasteiger partial charge is 0.147 e. The highest BCUT2D eigenvalue weighted by Crippen LogP contribution is 2.23. The van der Waals surface area contributed by atoms with E-state index < -0.39 is 0 Å². The van der Waals surface area contributed by atoms with E-state index in [1.807, 2.05) is 24.3 Å². The Labute approximate surface area is 132 Å². The molecule has 1 aromatic carbocycles. The number of nitrogens with zero attached hydrogens (tertiary/aromatic N) is 4. The van der Waals surface area contributed by atoms with Gasteiger partial charge in [0.1, 0.15) is 22.3 Å². The number of hydrogen-bond donors (Lipinski definition) is 0. The van der Waals surface area contributed by atoms with Crippen molar-refractivity contribution >= 4 is 17.2 Å². The number of aromatic nitrogens is 3. The van der Waals surface area contributed by atoms with Crippen LogP contribution in [0.25, 0.3) is 10.7 Å². The summed E-state index contributed by atoms with van der Waals surface area (Å²) in [5.41, 5.74) is 2.76. The standard InChI is InChI=1S/C16H15FN4S/c1-11-10-22-16(19-11)14-7-18-8-15(20-14)21(2)9-12-3-5-13(17)6-4-12/h3-8,10H,9H2,1-2H3. The molecule has 0 radical (unpaired) electrons. The van der Waals surface area contributed by atoms with E-state index in [0.717, 1.165) is 27.8 Å². The first-order chi connectivity index (χ1) is 10.6. The Morgan fingerprint density at radius 3 is 2.59 bits per heavy atom.